The number of hydrogen-bond donors (Lipinski definition) is 0. The van der Waals surface area contributed by atoms with Gasteiger partial charge in [0, 0.05) is 0 Å². The Balaban J connectivity index is 3.11. The molecule has 0 spiro atoms. The van der Waals surface area contributed by atoms with Gasteiger partial charge in [0.15, 0.2) is 0 Å². The van der Waals surface area contributed by atoms with E-state index in [9.17, 15) is 4.79 Å². The van der Waals surface area contributed by atoms with Crippen LogP contribution in [-0.2, 0) is 9.53 Å². The standard InChI is InChI=1S/C8H13O2/c1-3-4-5-6-8(2)10-7-9/h3,7-8H,1-2,4-6H2/t8-/m1/s1. The molecule has 0 heterocycles. The summed E-state index contributed by atoms with van der Waals surface area (Å²) in [7, 11) is 0. The van der Waals surface area contributed by atoms with E-state index in [0.29, 0.717) is 6.47 Å². The maximum Gasteiger partial charge on any atom is 0.293 e. The van der Waals surface area contributed by atoms with Crippen LogP contribution in [0.2, 0.25) is 0 Å². The Kier molecular flexibility index (Phi) is 5.83. The van der Waals surface area contributed by atoms with E-state index in [4.69, 9.17) is 0 Å². The lowest BCUT2D eigenvalue weighted by Gasteiger charge is -2.06. The van der Waals surface area contributed by atoms with Crippen LogP contribution in [0.15, 0.2) is 12.7 Å². The lowest BCUT2D eigenvalue weighted by molar-refractivity contribution is -0.131. The summed E-state index contributed by atoms with van der Waals surface area (Å²) in [6.45, 7) is 7.62. The van der Waals surface area contributed by atoms with Crippen molar-refractivity contribution in [3.63, 3.8) is 0 Å². The average Bonchev–Trinajstić information content (AvgIpc) is 1.89. The SMILES string of the molecule is [CH2][C@H](CCCC=C)OC=O. The molecule has 0 aliphatic heterocycles. The van der Waals surface area contributed by atoms with Gasteiger partial charge in [-0.25, -0.2) is 0 Å². The molecule has 1 radical (unpaired) electrons. The van der Waals surface area contributed by atoms with E-state index in [1.54, 1.807) is 0 Å². The van der Waals surface area contributed by atoms with Crippen LogP contribution < -0.4 is 0 Å². The van der Waals surface area contributed by atoms with Crippen molar-refractivity contribution in [1.82, 2.24) is 0 Å². The summed E-state index contributed by atoms with van der Waals surface area (Å²) in [6.07, 6.45) is 4.38. The van der Waals surface area contributed by atoms with E-state index in [2.05, 4.69) is 18.2 Å². The van der Waals surface area contributed by atoms with E-state index in [1.165, 1.54) is 0 Å². The second-order valence-corrected chi connectivity index (χ2v) is 2.07. The Bertz CT molecular complexity index is 99.4. The number of allylic oxidation sites excluding steroid dienone is 1. The second kappa shape index (κ2) is 6.33. The van der Waals surface area contributed by atoms with Crippen LogP contribution in [-0.4, -0.2) is 12.6 Å². The Morgan fingerprint density at radius 3 is 2.80 bits per heavy atom. The van der Waals surface area contributed by atoms with Gasteiger partial charge in [-0.15, -0.1) is 6.58 Å². The average molecular weight is 141 g/mol. The van der Waals surface area contributed by atoms with Gasteiger partial charge in [-0.05, 0) is 26.2 Å². The molecule has 0 amide bonds. The molecule has 0 aliphatic rings. The topological polar surface area (TPSA) is 26.3 Å². The molecule has 0 rings (SSSR count). The van der Waals surface area contributed by atoms with Crippen molar-refractivity contribution in [2.24, 2.45) is 0 Å². The summed E-state index contributed by atoms with van der Waals surface area (Å²) in [5.41, 5.74) is 0. The van der Waals surface area contributed by atoms with Crippen LogP contribution in [0.5, 0.6) is 0 Å². The molecule has 0 saturated carbocycles. The molecule has 2 nitrogen and oxygen atoms in total. The first-order chi connectivity index (χ1) is 4.81. The third-order valence-electron chi connectivity index (χ3n) is 1.18. The zero-order chi connectivity index (χ0) is 7.82. The molecule has 0 N–H and O–H groups in total. The first kappa shape index (κ1) is 9.21. The van der Waals surface area contributed by atoms with Crippen molar-refractivity contribution in [1.29, 1.82) is 0 Å². The van der Waals surface area contributed by atoms with E-state index in [-0.39, 0.29) is 6.10 Å². The smallest absolute Gasteiger partial charge is 0.293 e. The van der Waals surface area contributed by atoms with Gasteiger partial charge in [0.05, 0.1) is 0 Å². The lowest BCUT2D eigenvalue weighted by atomic mass is 10.2. The van der Waals surface area contributed by atoms with E-state index >= 15 is 0 Å². The molecule has 0 fully saturated rings. The molecular weight excluding hydrogens is 128 g/mol. The van der Waals surface area contributed by atoms with Crippen molar-refractivity contribution in [2.75, 3.05) is 0 Å². The van der Waals surface area contributed by atoms with Gasteiger partial charge in [0.1, 0.15) is 6.10 Å². The summed E-state index contributed by atoms with van der Waals surface area (Å²) in [4.78, 5) is 9.77. The molecule has 0 aromatic rings. The van der Waals surface area contributed by atoms with Crippen LogP contribution in [0.4, 0.5) is 0 Å². The minimum atomic E-state index is -0.197. The molecule has 0 saturated heterocycles. The number of rotatable bonds is 6. The minimum Gasteiger partial charge on any atom is -0.465 e. The molecule has 0 unspecified atom stereocenters. The Morgan fingerprint density at radius 1 is 1.60 bits per heavy atom. The number of hydrogen-bond acceptors (Lipinski definition) is 2. The highest BCUT2D eigenvalue weighted by atomic mass is 16.5. The summed E-state index contributed by atoms with van der Waals surface area (Å²) in [6, 6.07) is 0. The molecule has 0 aliphatic carbocycles. The molecule has 0 bridgehead atoms. The minimum absolute atomic E-state index is 0.197. The van der Waals surface area contributed by atoms with Crippen molar-refractivity contribution in [3.05, 3.63) is 19.6 Å². The Morgan fingerprint density at radius 2 is 2.30 bits per heavy atom. The first-order valence-corrected chi connectivity index (χ1v) is 3.34. The number of ether oxygens (including phenoxy) is 1. The van der Waals surface area contributed by atoms with Crippen molar-refractivity contribution >= 4 is 6.47 Å². The Hall–Kier alpha value is -0.790. The van der Waals surface area contributed by atoms with Crippen molar-refractivity contribution < 1.29 is 9.53 Å². The predicted molar refractivity (Wildman–Crippen MR) is 40.3 cm³/mol. The fraction of sp³-hybridized carbons (Fsp3) is 0.500. The fourth-order valence-corrected chi connectivity index (χ4v) is 0.636. The second-order valence-electron chi connectivity index (χ2n) is 2.07. The van der Waals surface area contributed by atoms with Crippen molar-refractivity contribution in [2.45, 2.75) is 25.4 Å². The predicted octanol–water partition coefficient (Wildman–Crippen LogP) is 1.72. The Labute approximate surface area is 61.9 Å². The van der Waals surface area contributed by atoms with E-state index in [0.717, 1.165) is 19.3 Å². The van der Waals surface area contributed by atoms with Gasteiger partial charge in [-0.1, -0.05) is 6.08 Å². The third kappa shape index (κ3) is 5.35. The lowest BCUT2D eigenvalue weighted by Crippen LogP contribution is -2.06. The molecule has 10 heavy (non-hydrogen) atoms. The molecule has 57 valence electrons. The molecular formula is C8H13O2. The van der Waals surface area contributed by atoms with Gasteiger partial charge in [-0.2, -0.15) is 0 Å². The highest BCUT2D eigenvalue weighted by Crippen LogP contribution is 2.02. The number of carbonyl (C=O) groups excluding carboxylic acids is 1. The normalized spacial score (nSPS) is 12.1. The van der Waals surface area contributed by atoms with Gasteiger partial charge in [0.25, 0.3) is 6.47 Å². The zero-order valence-electron chi connectivity index (χ0n) is 6.08. The van der Waals surface area contributed by atoms with Gasteiger partial charge in [0.2, 0.25) is 0 Å². The maximum atomic E-state index is 9.77. The molecule has 2 heteroatoms. The van der Waals surface area contributed by atoms with Crippen LogP contribution in [0.3, 0.4) is 0 Å². The van der Waals surface area contributed by atoms with Gasteiger partial charge in [-0.3, -0.25) is 4.79 Å². The largest absolute Gasteiger partial charge is 0.465 e. The summed E-state index contributed by atoms with van der Waals surface area (Å²) in [5.74, 6) is 0. The fourth-order valence-electron chi connectivity index (χ4n) is 0.636. The van der Waals surface area contributed by atoms with Crippen molar-refractivity contribution in [3.8, 4) is 0 Å². The van der Waals surface area contributed by atoms with Gasteiger partial charge >= 0.3 is 0 Å². The summed E-state index contributed by atoms with van der Waals surface area (Å²) in [5, 5.41) is 0. The van der Waals surface area contributed by atoms with E-state index in [1.807, 2.05) is 6.08 Å². The van der Waals surface area contributed by atoms with Crippen LogP contribution in [0.1, 0.15) is 19.3 Å². The number of carbonyl (C=O) groups is 1. The van der Waals surface area contributed by atoms with Crippen LogP contribution in [0, 0.1) is 6.92 Å². The molecule has 0 aromatic carbocycles. The first-order valence-electron chi connectivity index (χ1n) is 3.34. The number of unbranched alkanes of at least 4 members (excludes halogenated alkanes) is 1. The third-order valence-corrected chi connectivity index (χ3v) is 1.18. The molecule has 0 aromatic heterocycles. The highest BCUT2D eigenvalue weighted by Gasteiger charge is 1.98. The van der Waals surface area contributed by atoms with Crippen LogP contribution in [0.25, 0.3) is 0 Å². The monoisotopic (exact) mass is 141 g/mol. The molecule has 1 atom stereocenters. The quantitative estimate of drug-likeness (QED) is 0.320. The van der Waals surface area contributed by atoms with Crippen LogP contribution >= 0.6 is 0 Å². The summed E-state index contributed by atoms with van der Waals surface area (Å²) < 4.78 is 4.56. The van der Waals surface area contributed by atoms with Gasteiger partial charge < -0.3 is 4.74 Å². The maximum absolute atomic E-state index is 9.77. The zero-order valence-corrected chi connectivity index (χ0v) is 6.08. The van der Waals surface area contributed by atoms with E-state index < -0.39 is 0 Å². The highest BCUT2D eigenvalue weighted by molar-refractivity contribution is 5.37. The summed E-state index contributed by atoms with van der Waals surface area (Å²) >= 11 is 0.